The molecule has 1 saturated carbocycles. The number of hydrogen-bond donors (Lipinski definition) is 0. The Bertz CT molecular complexity index is 316. The van der Waals surface area contributed by atoms with Crippen molar-refractivity contribution in [3.8, 4) is 5.88 Å². The van der Waals surface area contributed by atoms with Gasteiger partial charge in [-0.05, 0) is 43.2 Å². The molecule has 82 valence electrons. The van der Waals surface area contributed by atoms with E-state index < -0.39 is 0 Å². The number of pyridine rings is 1. The average molecular weight is 205 g/mol. The Morgan fingerprint density at radius 2 is 2.07 bits per heavy atom. The first-order valence-corrected chi connectivity index (χ1v) is 5.88. The topological polar surface area (TPSA) is 22.1 Å². The summed E-state index contributed by atoms with van der Waals surface area (Å²) in [6.07, 6.45) is 7.23. The maximum atomic E-state index is 5.86. The third-order valence-electron chi connectivity index (χ3n) is 3.02. The zero-order chi connectivity index (χ0) is 10.7. The Kier molecular flexibility index (Phi) is 3.24. The SMILES string of the molecule is CC(C)c1ccnc(OC2CCCC2)c1. The van der Waals surface area contributed by atoms with E-state index in [2.05, 4.69) is 31.0 Å². The van der Waals surface area contributed by atoms with Gasteiger partial charge in [0.05, 0.1) is 0 Å². The Labute approximate surface area is 91.7 Å². The van der Waals surface area contributed by atoms with Gasteiger partial charge < -0.3 is 4.74 Å². The second kappa shape index (κ2) is 4.65. The average Bonchev–Trinajstić information content (AvgIpc) is 2.71. The van der Waals surface area contributed by atoms with Gasteiger partial charge in [0.2, 0.25) is 5.88 Å². The second-order valence-electron chi connectivity index (χ2n) is 4.61. The van der Waals surface area contributed by atoms with Gasteiger partial charge in [-0.25, -0.2) is 4.98 Å². The molecule has 1 aromatic heterocycles. The molecule has 0 amide bonds. The largest absolute Gasteiger partial charge is 0.474 e. The van der Waals surface area contributed by atoms with Crippen LogP contribution in [0.25, 0.3) is 0 Å². The molecular formula is C13H19NO. The molecule has 0 bridgehead atoms. The minimum Gasteiger partial charge on any atom is -0.474 e. The van der Waals surface area contributed by atoms with E-state index in [1.54, 1.807) is 0 Å². The smallest absolute Gasteiger partial charge is 0.213 e. The van der Waals surface area contributed by atoms with E-state index in [0.717, 1.165) is 5.88 Å². The first kappa shape index (κ1) is 10.5. The zero-order valence-corrected chi connectivity index (χ0v) is 9.57. The molecule has 0 unspecified atom stereocenters. The number of rotatable bonds is 3. The van der Waals surface area contributed by atoms with Crippen LogP contribution in [0.3, 0.4) is 0 Å². The molecule has 1 heterocycles. The Morgan fingerprint density at radius 1 is 1.33 bits per heavy atom. The van der Waals surface area contributed by atoms with Crippen LogP contribution in [0, 0.1) is 0 Å². The molecule has 2 nitrogen and oxygen atoms in total. The molecule has 0 saturated heterocycles. The van der Waals surface area contributed by atoms with Crippen molar-refractivity contribution in [2.24, 2.45) is 0 Å². The Balaban J connectivity index is 2.04. The van der Waals surface area contributed by atoms with E-state index in [9.17, 15) is 0 Å². The highest BCUT2D eigenvalue weighted by Gasteiger charge is 2.17. The van der Waals surface area contributed by atoms with Crippen LogP contribution in [-0.2, 0) is 0 Å². The molecule has 2 rings (SSSR count). The first-order valence-electron chi connectivity index (χ1n) is 5.88. The van der Waals surface area contributed by atoms with Crippen LogP contribution in [0.15, 0.2) is 18.3 Å². The molecule has 1 aromatic rings. The van der Waals surface area contributed by atoms with E-state index in [1.807, 2.05) is 6.20 Å². The van der Waals surface area contributed by atoms with Crippen molar-refractivity contribution in [3.05, 3.63) is 23.9 Å². The predicted octanol–water partition coefficient (Wildman–Crippen LogP) is 3.53. The van der Waals surface area contributed by atoms with E-state index in [-0.39, 0.29) is 0 Å². The number of aromatic nitrogens is 1. The fraction of sp³-hybridized carbons (Fsp3) is 0.615. The summed E-state index contributed by atoms with van der Waals surface area (Å²) < 4.78 is 5.86. The van der Waals surface area contributed by atoms with Crippen molar-refractivity contribution in [2.75, 3.05) is 0 Å². The predicted molar refractivity (Wildman–Crippen MR) is 61.2 cm³/mol. The lowest BCUT2D eigenvalue weighted by molar-refractivity contribution is 0.201. The highest BCUT2D eigenvalue weighted by molar-refractivity contribution is 5.23. The molecule has 1 aliphatic rings. The van der Waals surface area contributed by atoms with Gasteiger partial charge in [-0.3, -0.25) is 0 Å². The zero-order valence-electron chi connectivity index (χ0n) is 9.57. The summed E-state index contributed by atoms with van der Waals surface area (Å²) in [5.41, 5.74) is 1.30. The lowest BCUT2D eigenvalue weighted by atomic mass is 10.1. The summed E-state index contributed by atoms with van der Waals surface area (Å²) in [7, 11) is 0. The van der Waals surface area contributed by atoms with Gasteiger partial charge >= 0.3 is 0 Å². The van der Waals surface area contributed by atoms with Crippen LogP contribution in [-0.4, -0.2) is 11.1 Å². The van der Waals surface area contributed by atoms with Gasteiger partial charge in [-0.15, -0.1) is 0 Å². The highest BCUT2D eigenvalue weighted by Crippen LogP contribution is 2.24. The molecule has 1 aliphatic carbocycles. The van der Waals surface area contributed by atoms with E-state index in [1.165, 1.54) is 31.2 Å². The summed E-state index contributed by atoms with van der Waals surface area (Å²) in [5, 5.41) is 0. The lowest BCUT2D eigenvalue weighted by Crippen LogP contribution is -2.11. The number of hydrogen-bond acceptors (Lipinski definition) is 2. The lowest BCUT2D eigenvalue weighted by Gasteiger charge is -2.13. The van der Waals surface area contributed by atoms with Crippen LogP contribution in [0.4, 0.5) is 0 Å². The molecule has 2 heteroatoms. The Morgan fingerprint density at radius 3 is 2.73 bits per heavy atom. The normalized spacial score (nSPS) is 17.3. The van der Waals surface area contributed by atoms with Crippen molar-refractivity contribution < 1.29 is 4.74 Å². The molecular weight excluding hydrogens is 186 g/mol. The third kappa shape index (κ3) is 2.71. The molecule has 0 radical (unpaired) electrons. The van der Waals surface area contributed by atoms with E-state index >= 15 is 0 Å². The summed E-state index contributed by atoms with van der Waals surface area (Å²) in [5.74, 6) is 1.34. The molecule has 0 N–H and O–H groups in total. The second-order valence-corrected chi connectivity index (χ2v) is 4.61. The minimum atomic E-state index is 0.403. The van der Waals surface area contributed by atoms with Gasteiger partial charge in [0.1, 0.15) is 6.10 Å². The first-order chi connectivity index (χ1) is 7.25. The molecule has 15 heavy (non-hydrogen) atoms. The van der Waals surface area contributed by atoms with Crippen molar-refractivity contribution in [3.63, 3.8) is 0 Å². The summed E-state index contributed by atoms with van der Waals surface area (Å²) in [6.45, 7) is 4.38. The molecule has 0 aromatic carbocycles. The number of ether oxygens (including phenoxy) is 1. The fourth-order valence-electron chi connectivity index (χ4n) is 2.03. The van der Waals surface area contributed by atoms with Crippen molar-refractivity contribution in [2.45, 2.75) is 51.6 Å². The van der Waals surface area contributed by atoms with Gasteiger partial charge in [0, 0.05) is 12.3 Å². The van der Waals surface area contributed by atoms with Crippen molar-refractivity contribution >= 4 is 0 Å². The molecule has 0 atom stereocenters. The number of nitrogens with zero attached hydrogens (tertiary/aromatic N) is 1. The minimum absolute atomic E-state index is 0.403. The van der Waals surface area contributed by atoms with Gasteiger partial charge in [0.15, 0.2) is 0 Å². The summed E-state index contributed by atoms with van der Waals surface area (Å²) in [4.78, 5) is 4.26. The summed E-state index contributed by atoms with van der Waals surface area (Å²) >= 11 is 0. The van der Waals surface area contributed by atoms with Gasteiger partial charge in [-0.1, -0.05) is 13.8 Å². The molecule has 0 spiro atoms. The van der Waals surface area contributed by atoms with E-state index in [4.69, 9.17) is 4.74 Å². The Hall–Kier alpha value is -1.05. The molecule has 1 fully saturated rings. The third-order valence-corrected chi connectivity index (χ3v) is 3.02. The van der Waals surface area contributed by atoms with Crippen LogP contribution < -0.4 is 4.74 Å². The van der Waals surface area contributed by atoms with Gasteiger partial charge in [-0.2, -0.15) is 0 Å². The maximum absolute atomic E-state index is 5.86. The fourth-order valence-corrected chi connectivity index (χ4v) is 2.03. The monoisotopic (exact) mass is 205 g/mol. The van der Waals surface area contributed by atoms with Crippen molar-refractivity contribution in [1.29, 1.82) is 0 Å². The van der Waals surface area contributed by atoms with Crippen LogP contribution in [0.5, 0.6) is 5.88 Å². The van der Waals surface area contributed by atoms with Crippen LogP contribution in [0.1, 0.15) is 51.0 Å². The quantitative estimate of drug-likeness (QED) is 0.753. The highest BCUT2D eigenvalue weighted by atomic mass is 16.5. The maximum Gasteiger partial charge on any atom is 0.213 e. The summed E-state index contributed by atoms with van der Waals surface area (Å²) in [6, 6.07) is 4.13. The van der Waals surface area contributed by atoms with Crippen LogP contribution in [0.2, 0.25) is 0 Å². The standard InChI is InChI=1S/C13H19NO/c1-10(2)11-7-8-14-13(9-11)15-12-5-3-4-6-12/h7-10,12H,3-6H2,1-2H3. The van der Waals surface area contributed by atoms with Gasteiger partial charge in [0.25, 0.3) is 0 Å². The van der Waals surface area contributed by atoms with Crippen molar-refractivity contribution in [1.82, 2.24) is 4.98 Å². The van der Waals surface area contributed by atoms with E-state index in [0.29, 0.717) is 12.0 Å². The molecule has 0 aliphatic heterocycles. The van der Waals surface area contributed by atoms with Crippen LogP contribution >= 0.6 is 0 Å².